The van der Waals surface area contributed by atoms with Crippen LogP contribution in [0.5, 0.6) is 0 Å². The number of carbonyl (C=O) groups excluding carboxylic acids is 1. The lowest BCUT2D eigenvalue weighted by Crippen LogP contribution is -2.15. The van der Waals surface area contributed by atoms with Crippen LogP contribution in [0.3, 0.4) is 0 Å². The number of terminal acetylenes is 2. The molecule has 2 rings (SSSR count). The second kappa shape index (κ2) is 23.2. The van der Waals surface area contributed by atoms with Crippen LogP contribution in [0.1, 0.15) is 93.2 Å². The molecule has 1 N–H and O–H groups in total. The largest absolute Gasteiger partial charge is 0.380 e. The maximum absolute atomic E-state index is 12.5. The fourth-order valence-electron chi connectivity index (χ4n) is 3.18. The van der Waals surface area contributed by atoms with Crippen LogP contribution in [-0.2, 0) is 10.8 Å². The molecule has 1 atom stereocenters. The van der Waals surface area contributed by atoms with Crippen LogP contribution in [-0.4, -0.2) is 10.9 Å². The molecule has 0 aliphatic heterocycles. The highest BCUT2D eigenvalue weighted by atomic mass is 16.7. The van der Waals surface area contributed by atoms with Gasteiger partial charge in [-0.15, -0.1) is 12.8 Å². The number of carbonyl (C=O) groups is 1. The predicted molar refractivity (Wildman–Crippen MR) is 221 cm³/mol. The first-order chi connectivity index (χ1) is 22.9. The molecule has 0 spiro atoms. The molecule has 0 aliphatic carbocycles. The van der Waals surface area contributed by atoms with Crippen LogP contribution in [0.2, 0.25) is 0 Å². The van der Waals surface area contributed by atoms with E-state index in [0.717, 1.165) is 0 Å². The number of aliphatic hydroxyl groups is 1. The average molecular weight is 649 g/mol. The third-order valence-corrected chi connectivity index (χ3v) is 5.58. The van der Waals surface area contributed by atoms with Gasteiger partial charge in [-0.1, -0.05) is 90.1 Å². The summed E-state index contributed by atoms with van der Waals surface area (Å²) in [7, 11) is 0. The van der Waals surface area contributed by atoms with Crippen molar-refractivity contribution in [1.29, 1.82) is 0 Å². The van der Waals surface area contributed by atoms with E-state index >= 15 is 0 Å². The fraction of sp³-hybridized carbons (Fsp3) is 0.205. The monoisotopic (exact) mass is 648 g/mol. The van der Waals surface area contributed by atoms with E-state index in [4.69, 9.17) is 22.8 Å². The van der Waals surface area contributed by atoms with Gasteiger partial charge in [0.05, 0.1) is 0 Å². The van der Waals surface area contributed by atoms with Crippen LogP contribution in [0.25, 0.3) is 0 Å². The summed E-state index contributed by atoms with van der Waals surface area (Å²) in [4.78, 5) is 26.5. The maximum atomic E-state index is 12.5. The minimum absolute atomic E-state index is 0. The van der Waals surface area contributed by atoms with Crippen molar-refractivity contribution in [2.24, 2.45) is 0 Å². The minimum Gasteiger partial charge on any atom is -0.380 e. The van der Waals surface area contributed by atoms with Gasteiger partial charge in [0.25, 0.3) is 0 Å². The summed E-state index contributed by atoms with van der Waals surface area (Å²) in [5, 5.41) is 10.4. The van der Waals surface area contributed by atoms with Gasteiger partial charge in [-0.05, 0) is 122 Å². The molecule has 0 saturated carbocycles. The van der Waals surface area contributed by atoms with E-state index in [9.17, 15) is 9.90 Å². The Hall–Kier alpha value is -7.17. The van der Waals surface area contributed by atoms with Gasteiger partial charge in [-0.2, -0.15) is 0 Å². The van der Waals surface area contributed by atoms with Crippen LogP contribution in [0, 0.1) is 141 Å². The SMILES string of the molecule is C#CC#CC#CC#CC#CC#CC#CC#CC#CC#CC#C.CC(C)(C)c1ccc(C(=O)C(O)c2ccc(C(C)(C)C)cc2)cc1.O=O.[HH].[HH].[HH].[HH].[HH].[HH].[HH].[HH].[HH].[HH].[HH].[HH].[HH]. The summed E-state index contributed by atoms with van der Waals surface area (Å²) in [6, 6.07) is 15.2. The van der Waals surface area contributed by atoms with Gasteiger partial charge in [0.2, 0.25) is 0 Å². The lowest BCUT2D eigenvalue weighted by molar-refractivity contribution is 0.0747. The molecular weight excluding hydrogens is 592 g/mol. The van der Waals surface area contributed by atoms with E-state index < -0.39 is 6.10 Å². The zero-order valence-corrected chi connectivity index (χ0v) is 27.5. The summed E-state index contributed by atoms with van der Waals surface area (Å²) < 4.78 is 0. The first kappa shape index (κ1) is 40.8. The van der Waals surface area contributed by atoms with Crippen molar-refractivity contribution in [3.63, 3.8) is 0 Å². The van der Waals surface area contributed by atoms with E-state index in [1.54, 1.807) is 12.1 Å². The summed E-state index contributed by atoms with van der Waals surface area (Å²) >= 11 is 0. The highest BCUT2D eigenvalue weighted by Gasteiger charge is 2.21. The molecule has 2 aromatic rings. The fourth-order valence-corrected chi connectivity index (χ4v) is 3.18. The Morgan fingerprint density at radius 3 is 1.02 bits per heavy atom. The summed E-state index contributed by atoms with van der Waals surface area (Å²) in [6.07, 6.45) is 8.67. The van der Waals surface area contributed by atoms with Crippen molar-refractivity contribution in [2.45, 2.75) is 58.5 Å². The van der Waals surface area contributed by atoms with Crippen LogP contribution in [0.15, 0.2) is 48.5 Å². The Morgan fingerprint density at radius 2 is 0.771 bits per heavy atom. The van der Waals surface area contributed by atoms with E-state index in [2.05, 4.69) is 160 Å². The van der Waals surface area contributed by atoms with Gasteiger partial charge >= 0.3 is 0 Å². The van der Waals surface area contributed by atoms with Crippen LogP contribution in [0.4, 0.5) is 0 Å². The number of ketones is 1. The van der Waals surface area contributed by atoms with Gasteiger partial charge in [0, 0.05) is 57.7 Å². The molecule has 0 aliphatic rings. The molecule has 2 aromatic carbocycles. The Bertz CT molecular complexity index is 2060. The van der Waals surface area contributed by atoms with Crippen LogP contribution < -0.4 is 0 Å². The second-order valence-electron chi connectivity index (χ2n) is 11.0. The lowest BCUT2D eigenvalue weighted by atomic mass is 9.85. The number of rotatable bonds is 3. The van der Waals surface area contributed by atoms with Gasteiger partial charge in [0.15, 0.2) is 5.78 Å². The lowest BCUT2D eigenvalue weighted by Gasteiger charge is -2.20. The van der Waals surface area contributed by atoms with Crippen molar-refractivity contribution in [3.05, 3.63) is 80.7 Å². The quantitative estimate of drug-likeness (QED) is 0.267. The Kier molecular flexibility index (Phi) is 19.8. The first-order valence-electron chi connectivity index (χ1n) is 13.9. The summed E-state index contributed by atoms with van der Waals surface area (Å²) in [5.74, 6) is 47.9. The number of hydrogen-bond donors (Lipinski definition) is 1. The molecule has 4 heteroatoms. The summed E-state index contributed by atoms with van der Waals surface area (Å²) in [5.41, 5.74) is 3.62. The van der Waals surface area contributed by atoms with Gasteiger partial charge in [-0.3, -0.25) is 4.79 Å². The zero-order chi connectivity index (χ0) is 36.3. The number of benzene rings is 2. The average Bonchev–Trinajstić information content (AvgIpc) is 3.07. The molecule has 0 aromatic heterocycles. The number of hydrogen-bond acceptors (Lipinski definition) is 4. The van der Waals surface area contributed by atoms with E-state index in [1.165, 1.54) is 11.1 Å². The molecule has 48 heavy (non-hydrogen) atoms. The molecule has 0 radical (unpaired) electrons. The topological polar surface area (TPSA) is 71.4 Å². The Balaban J connectivity index is -0.0000000482. The molecule has 0 saturated heterocycles. The number of Topliss-reactive ketones (excluding diaryl/α,β-unsaturated/α-hetero) is 1. The highest BCUT2D eigenvalue weighted by molar-refractivity contribution is 5.99. The number of aliphatic hydroxyl groups excluding tert-OH is 1. The van der Waals surface area contributed by atoms with Gasteiger partial charge in [0.1, 0.15) is 6.10 Å². The van der Waals surface area contributed by atoms with Crippen molar-refractivity contribution in [3.8, 4) is 131 Å². The van der Waals surface area contributed by atoms with E-state index in [0.29, 0.717) is 11.1 Å². The van der Waals surface area contributed by atoms with Gasteiger partial charge in [-0.25, -0.2) is 0 Å². The first-order valence-corrected chi connectivity index (χ1v) is 13.9. The smallest absolute Gasteiger partial charge is 0.195 e. The maximum Gasteiger partial charge on any atom is 0.195 e. The van der Waals surface area contributed by atoms with Crippen LogP contribution >= 0.6 is 0 Å². The van der Waals surface area contributed by atoms with E-state index in [1.807, 2.05) is 36.4 Å². The molecule has 256 valence electrons. The third-order valence-electron chi connectivity index (χ3n) is 5.58. The van der Waals surface area contributed by atoms with E-state index in [-0.39, 0.29) is 35.2 Å². The second-order valence-corrected chi connectivity index (χ2v) is 11.0. The van der Waals surface area contributed by atoms with Crippen molar-refractivity contribution in [2.75, 3.05) is 0 Å². The molecule has 0 bridgehead atoms. The Labute approximate surface area is 304 Å². The van der Waals surface area contributed by atoms with Crippen molar-refractivity contribution in [1.82, 2.24) is 0 Å². The summed E-state index contributed by atoms with van der Waals surface area (Å²) in [6.45, 7) is 12.8. The van der Waals surface area contributed by atoms with Crippen molar-refractivity contribution >= 4 is 5.78 Å². The predicted octanol–water partition coefficient (Wildman–Crippen LogP) is 8.75. The molecule has 4 nitrogen and oxygen atoms in total. The third kappa shape index (κ3) is 17.8. The normalized spacial score (nSPS) is 8.60. The molecule has 0 fully saturated rings. The molecular formula is C44H56O4. The standard InChI is InChI=1S/C22H28O2.C22H2.O2.13H2/c1-21(2,3)17-11-7-15(8-12-17)19(23)20(24)16-9-13-18(14-10-16)22(4,5)6;1-3-5-7-9-11-13-15-17-19-21-22-20-18-16-14-12-10-8-6-4-2;1-2;;;;;;;;;;;;;/h7-14,19,23H,1-6H3;1-2H;;13*1H. The highest BCUT2D eigenvalue weighted by Crippen LogP contribution is 2.26. The molecule has 0 amide bonds. The Morgan fingerprint density at radius 1 is 0.521 bits per heavy atom. The molecule has 0 heterocycles. The van der Waals surface area contributed by atoms with Crippen molar-refractivity contribution < 1.29 is 28.4 Å². The molecule has 1 unspecified atom stereocenters. The minimum atomic E-state index is -1.13. The van der Waals surface area contributed by atoms with Gasteiger partial charge < -0.3 is 5.11 Å². The zero-order valence-electron chi connectivity index (χ0n) is 27.5.